The van der Waals surface area contributed by atoms with Gasteiger partial charge in [-0.05, 0) is 12.1 Å². The van der Waals surface area contributed by atoms with Gasteiger partial charge in [-0.1, -0.05) is 0 Å². The fourth-order valence-electron chi connectivity index (χ4n) is 1.31. The van der Waals surface area contributed by atoms with Crippen LogP contribution in [0, 0.1) is 11.6 Å². The molecule has 0 spiro atoms. The molecule has 0 amide bonds. The van der Waals surface area contributed by atoms with Crippen LogP contribution in [0.4, 0.5) is 8.78 Å². The lowest BCUT2D eigenvalue weighted by atomic mass is 10.1. The molecule has 5 heteroatoms. The number of aromatic nitrogens is 2. The van der Waals surface area contributed by atoms with Crippen LogP contribution in [-0.2, 0) is 6.54 Å². The second-order valence-electron chi connectivity index (χ2n) is 3.07. The monoisotopic (exact) mass is 209 g/mol. The van der Waals surface area contributed by atoms with E-state index in [-0.39, 0.29) is 12.1 Å². The zero-order valence-electron chi connectivity index (χ0n) is 7.80. The van der Waals surface area contributed by atoms with Crippen molar-refractivity contribution in [3.05, 3.63) is 41.9 Å². The highest BCUT2D eigenvalue weighted by Crippen LogP contribution is 2.21. The summed E-state index contributed by atoms with van der Waals surface area (Å²) in [4.78, 5) is 6.77. The van der Waals surface area contributed by atoms with Gasteiger partial charge in [0.2, 0.25) is 0 Å². The number of H-pyrrole nitrogens is 1. The van der Waals surface area contributed by atoms with Gasteiger partial charge in [0.25, 0.3) is 0 Å². The third-order valence-electron chi connectivity index (χ3n) is 2.04. The molecule has 1 aromatic heterocycles. The maximum atomic E-state index is 13.3. The number of aromatic amines is 1. The van der Waals surface area contributed by atoms with E-state index < -0.39 is 11.6 Å². The lowest BCUT2D eigenvalue weighted by Crippen LogP contribution is -1.98. The Bertz CT molecular complexity index is 479. The number of nitrogens with one attached hydrogen (secondary N) is 1. The Labute approximate surface area is 85.0 Å². The minimum absolute atomic E-state index is 0.253. The van der Waals surface area contributed by atoms with E-state index in [4.69, 9.17) is 5.73 Å². The first-order valence-corrected chi connectivity index (χ1v) is 4.40. The van der Waals surface area contributed by atoms with Gasteiger partial charge in [0.15, 0.2) is 0 Å². The molecule has 0 radical (unpaired) electrons. The van der Waals surface area contributed by atoms with Crippen LogP contribution >= 0.6 is 0 Å². The Morgan fingerprint density at radius 1 is 1.33 bits per heavy atom. The number of hydrogen-bond acceptors (Lipinski definition) is 2. The predicted molar refractivity (Wildman–Crippen MR) is 51.8 cm³/mol. The molecule has 2 aromatic rings. The van der Waals surface area contributed by atoms with E-state index in [2.05, 4.69) is 9.97 Å². The molecule has 0 aliphatic heterocycles. The number of nitrogens with two attached hydrogens (primary N) is 1. The molecule has 0 aliphatic rings. The second kappa shape index (κ2) is 3.78. The van der Waals surface area contributed by atoms with Gasteiger partial charge in [0.1, 0.15) is 17.5 Å². The van der Waals surface area contributed by atoms with Gasteiger partial charge in [-0.2, -0.15) is 0 Å². The Hall–Kier alpha value is -1.75. The van der Waals surface area contributed by atoms with Crippen molar-refractivity contribution in [2.75, 3.05) is 0 Å². The largest absolute Gasteiger partial charge is 0.341 e. The first-order valence-electron chi connectivity index (χ1n) is 4.40. The minimum atomic E-state index is -0.623. The number of imidazole rings is 1. The molecule has 0 aliphatic carbocycles. The van der Waals surface area contributed by atoms with Crippen LogP contribution in [0.3, 0.4) is 0 Å². The molecule has 0 saturated carbocycles. The third kappa shape index (κ3) is 1.87. The zero-order chi connectivity index (χ0) is 10.8. The lowest BCUT2D eigenvalue weighted by molar-refractivity contribution is 0.585. The van der Waals surface area contributed by atoms with Crippen molar-refractivity contribution in [2.45, 2.75) is 6.54 Å². The summed E-state index contributed by atoms with van der Waals surface area (Å²) in [5.74, 6) is -0.661. The Morgan fingerprint density at radius 2 is 2.13 bits per heavy atom. The molecule has 0 unspecified atom stereocenters. The molecule has 2 rings (SSSR count). The SMILES string of the molecule is NCc1ncc(-c2ccc(F)cc2F)[nH]1. The highest BCUT2D eigenvalue weighted by Gasteiger charge is 2.08. The standard InChI is InChI=1S/C10H9F2N3/c11-6-1-2-7(8(12)3-6)9-5-14-10(4-13)15-9/h1-3,5H,4,13H2,(H,14,15). The van der Waals surface area contributed by atoms with Crippen LogP contribution in [0.5, 0.6) is 0 Å². The van der Waals surface area contributed by atoms with Crippen LogP contribution in [0.1, 0.15) is 5.82 Å². The van der Waals surface area contributed by atoms with Crippen LogP contribution in [0.15, 0.2) is 24.4 Å². The van der Waals surface area contributed by atoms with E-state index in [1.165, 1.54) is 18.3 Å². The highest BCUT2D eigenvalue weighted by molar-refractivity contribution is 5.59. The topological polar surface area (TPSA) is 54.7 Å². The number of rotatable bonds is 2. The summed E-state index contributed by atoms with van der Waals surface area (Å²) in [6.45, 7) is 0.253. The average Bonchev–Trinajstić information content (AvgIpc) is 2.66. The van der Waals surface area contributed by atoms with Gasteiger partial charge in [0, 0.05) is 11.6 Å². The van der Waals surface area contributed by atoms with Crippen LogP contribution in [-0.4, -0.2) is 9.97 Å². The minimum Gasteiger partial charge on any atom is -0.341 e. The predicted octanol–water partition coefficient (Wildman–Crippen LogP) is 1.81. The average molecular weight is 209 g/mol. The maximum Gasteiger partial charge on any atom is 0.135 e. The van der Waals surface area contributed by atoms with E-state index in [1.807, 2.05) is 0 Å². The third-order valence-corrected chi connectivity index (χ3v) is 2.04. The van der Waals surface area contributed by atoms with Crippen molar-refractivity contribution < 1.29 is 8.78 Å². The first kappa shape index (κ1) is 9.79. The molecule has 78 valence electrons. The summed E-state index contributed by atoms with van der Waals surface area (Å²) in [5.41, 5.74) is 6.13. The van der Waals surface area contributed by atoms with Crippen LogP contribution < -0.4 is 5.73 Å². The van der Waals surface area contributed by atoms with Crippen LogP contribution in [0.25, 0.3) is 11.3 Å². The fourth-order valence-corrected chi connectivity index (χ4v) is 1.31. The smallest absolute Gasteiger partial charge is 0.135 e. The van der Waals surface area contributed by atoms with E-state index in [9.17, 15) is 8.78 Å². The second-order valence-corrected chi connectivity index (χ2v) is 3.07. The Balaban J connectivity index is 2.44. The summed E-state index contributed by atoms with van der Waals surface area (Å²) >= 11 is 0. The first-order chi connectivity index (χ1) is 7.20. The molecule has 1 heterocycles. The molecule has 15 heavy (non-hydrogen) atoms. The van der Waals surface area contributed by atoms with Crippen molar-refractivity contribution in [1.29, 1.82) is 0 Å². The summed E-state index contributed by atoms with van der Waals surface area (Å²) < 4.78 is 26.0. The van der Waals surface area contributed by atoms with E-state index in [0.717, 1.165) is 6.07 Å². The van der Waals surface area contributed by atoms with Gasteiger partial charge < -0.3 is 10.7 Å². The Morgan fingerprint density at radius 3 is 2.73 bits per heavy atom. The number of hydrogen-bond donors (Lipinski definition) is 2. The van der Waals surface area contributed by atoms with Gasteiger partial charge in [-0.25, -0.2) is 13.8 Å². The number of benzene rings is 1. The summed E-state index contributed by atoms with van der Waals surface area (Å²) in [6, 6.07) is 3.39. The molecule has 0 atom stereocenters. The lowest BCUT2D eigenvalue weighted by Gasteiger charge is -1.99. The van der Waals surface area contributed by atoms with Crippen molar-refractivity contribution in [2.24, 2.45) is 5.73 Å². The quantitative estimate of drug-likeness (QED) is 0.792. The highest BCUT2D eigenvalue weighted by atomic mass is 19.1. The molecular weight excluding hydrogens is 200 g/mol. The fraction of sp³-hybridized carbons (Fsp3) is 0.100. The van der Waals surface area contributed by atoms with Gasteiger partial charge in [-0.3, -0.25) is 0 Å². The summed E-state index contributed by atoms with van der Waals surface area (Å²) in [7, 11) is 0. The van der Waals surface area contributed by atoms with E-state index in [1.54, 1.807) is 0 Å². The molecule has 0 fully saturated rings. The molecule has 0 bridgehead atoms. The molecular formula is C10H9F2N3. The molecule has 1 aromatic carbocycles. The number of nitrogens with zero attached hydrogens (tertiary/aromatic N) is 1. The number of halogens is 2. The normalized spacial score (nSPS) is 10.6. The molecule has 3 nitrogen and oxygen atoms in total. The van der Waals surface area contributed by atoms with Gasteiger partial charge in [-0.15, -0.1) is 0 Å². The van der Waals surface area contributed by atoms with E-state index >= 15 is 0 Å². The zero-order valence-corrected chi connectivity index (χ0v) is 7.80. The van der Waals surface area contributed by atoms with Crippen molar-refractivity contribution in [1.82, 2.24) is 9.97 Å². The van der Waals surface area contributed by atoms with Crippen molar-refractivity contribution in [3.63, 3.8) is 0 Å². The van der Waals surface area contributed by atoms with Crippen molar-refractivity contribution in [3.8, 4) is 11.3 Å². The molecule has 0 saturated heterocycles. The van der Waals surface area contributed by atoms with Gasteiger partial charge in [0.05, 0.1) is 18.4 Å². The maximum absolute atomic E-state index is 13.3. The Kier molecular flexibility index (Phi) is 2.47. The summed E-state index contributed by atoms with van der Waals surface area (Å²) in [5, 5.41) is 0. The molecule has 3 N–H and O–H groups in total. The summed E-state index contributed by atoms with van der Waals surface area (Å²) in [6.07, 6.45) is 1.47. The van der Waals surface area contributed by atoms with Gasteiger partial charge >= 0.3 is 0 Å². The van der Waals surface area contributed by atoms with Crippen molar-refractivity contribution >= 4 is 0 Å². The van der Waals surface area contributed by atoms with E-state index in [0.29, 0.717) is 11.5 Å². The van der Waals surface area contributed by atoms with Crippen LogP contribution in [0.2, 0.25) is 0 Å².